The van der Waals surface area contributed by atoms with Gasteiger partial charge in [-0.3, -0.25) is 0 Å². The number of halogens is 1. The van der Waals surface area contributed by atoms with Crippen molar-refractivity contribution in [2.24, 2.45) is 0 Å². The van der Waals surface area contributed by atoms with E-state index in [0.29, 0.717) is 21.9 Å². The van der Waals surface area contributed by atoms with Crippen LogP contribution >= 0.6 is 0 Å². The van der Waals surface area contributed by atoms with Gasteiger partial charge in [0.1, 0.15) is 22.6 Å². The van der Waals surface area contributed by atoms with Gasteiger partial charge < -0.3 is 18.6 Å². The van der Waals surface area contributed by atoms with Crippen LogP contribution in [0.25, 0.3) is 55.0 Å². The highest BCUT2D eigenvalue weighted by atomic mass is 19.1. The van der Waals surface area contributed by atoms with Crippen LogP contribution in [0.3, 0.4) is 0 Å². The maximum atomic E-state index is 17.5. The van der Waals surface area contributed by atoms with Gasteiger partial charge in [0.25, 0.3) is 0 Å². The molecule has 0 N–H and O–H groups in total. The second kappa shape index (κ2) is 19.0. The largest absolute Gasteiger partial charge is 0.455 e. The number of hydrogen-bond acceptors (Lipinski definition) is 4. The molecule has 4 nitrogen and oxygen atoms in total. The summed E-state index contributed by atoms with van der Waals surface area (Å²) in [5, 5.41) is 3.07. The third kappa shape index (κ3) is 8.45. The Bertz CT molecular complexity index is 4230. The van der Waals surface area contributed by atoms with Crippen LogP contribution in [0, 0.1) is 5.82 Å². The third-order valence-electron chi connectivity index (χ3n) is 17.2. The van der Waals surface area contributed by atoms with Crippen molar-refractivity contribution in [1.29, 1.82) is 0 Å². The lowest BCUT2D eigenvalue weighted by Crippen LogP contribution is -2.29. The van der Waals surface area contributed by atoms with Gasteiger partial charge >= 0.3 is 0 Å². The average molecular weight is 1080 g/mol. The summed E-state index contributed by atoms with van der Waals surface area (Å²) in [6, 6.07) is 76.2. The SMILES string of the molecule is CC(C)(C)c1ccc(N(c2ccc(C(C)(C)C)cc2)c2cc3c(c4c2oc2ccccc24)-c2c(cc(N(c4ccc(C(C)(C)C)cc4)c4ccc(C(C)(C)C)cc4)c4c2oc2cccc(F)c24)C3(c2ccccc2)c2ccccc2)cc1. The summed E-state index contributed by atoms with van der Waals surface area (Å²) in [4.78, 5) is 4.71. The third-order valence-corrected chi connectivity index (χ3v) is 17.2. The van der Waals surface area contributed by atoms with Crippen molar-refractivity contribution >= 4 is 78.0 Å². The molecule has 0 fully saturated rings. The van der Waals surface area contributed by atoms with Crippen molar-refractivity contribution in [3.05, 3.63) is 263 Å². The molecule has 13 rings (SSSR count). The first-order valence-electron chi connectivity index (χ1n) is 28.9. The molecule has 0 bridgehead atoms. The standard InChI is InChI=1S/C77H71FN2O2/c1-73(2,3)48-30-38-54(39-31-48)79(55-40-32-49(33-41-55)74(4,5)6)62-46-60-68(72-70(62)69-61(78)27-21-29-65(69)82-72)67-59(77(60,52-22-15-13-16-23-52)53-24-17-14-18-25-53)47-63(71-66(67)58-26-19-20-28-64(58)81-71)80(56-42-34-50(35-43-56)75(7,8)9)57-44-36-51(37-45-57)76(10,11)12/h13-47H,1-12H3. The number of para-hydroxylation sites is 1. The molecule has 5 heteroatoms. The molecule has 1 aliphatic rings. The molecular formula is C77H71FN2O2. The van der Waals surface area contributed by atoms with Crippen LogP contribution in [0.5, 0.6) is 0 Å². The van der Waals surface area contributed by atoms with E-state index in [2.05, 4.69) is 281 Å². The molecule has 0 unspecified atom stereocenters. The van der Waals surface area contributed by atoms with E-state index in [1.54, 1.807) is 12.1 Å². The first kappa shape index (κ1) is 52.7. The molecule has 82 heavy (non-hydrogen) atoms. The molecule has 0 saturated carbocycles. The second-order valence-corrected chi connectivity index (χ2v) is 26.7. The highest BCUT2D eigenvalue weighted by Gasteiger charge is 2.50. The smallest absolute Gasteiger partial charge is 0.160 e. The number of fused-ring (bicyclic) bond motifs is 11. The summed E-state index contributed by atoms with van der Waals surface area (Å²) in [5.74, 6) is -0.348. The number of hydrogen-bond donors (Lipinski definition) is 0. The van der Waals surface area contributed by atoms with Crippen molar-refractivity contribution in [2.75, 3.05) is 9.80 Å². The summed E-state index contributed by atoms with van der Waals surface area (Å²) >= 11 is 0. The zero-order valence-corrected chi connectivity index (χ0v) is 49.3. The highest BCUT2D eigenvalue weighted by Crippen LogP contribution is 2.64. The van der Waals surface area contributed by atoms with Crippen molar-refractivity contribution in [3.8, 4) is 11.1 Å². The molecule has 10 aromatic carbocycles. The molecule has 1 aliphatic carbocycles. The van der Waals surface area contributed by atoms with Crippen LogP contribution in [-0.4, -0.2) is 0 Å². The zero-order valence-electron chi connectivity index (χ0n) is 49.3. The van der Waals surface area contributed by atoms with E-state index < -0.39 is 5.41 Å². The van der Waals surface area contributed by atoms with E-state index in [0.717, 1.165) is 89.4 Å². The Morgan fingerprint density at radius 1 is 0.341 bits per heavy atom. The number of anilines is 6. The lowest BCUT2D eigenvalue weighted by Gasteiger charge is -2.36. The van der Waals surface area contributed by atoms with Crippen molar-refractivity contribution < 1.29 is 13.2 Å². The van der Waals surface area contributed by atoms with Gasteiger partial charge in [-0.2, -0.15) is 0 Å². The molecule has 0 radical (unpaired) electrons. The molecule has 0 atom stereocenters. The van der Waals surface area contributed by atoms with Crippen LogP contribution in [0.1, 0.15) is 128 Å². The molecular weight excluding hydrogens is 1000 g/mol. The summed E-state index contributed by atoms with van der Waals surface area (Å²) < 4.78 is 32.2. The lowest BCUT2D eigenvalue weighted by molar-refractivity contribution is 0.590. The first-order chi connectivity index (χ1) is 39.1. The minimum atomic E-state index is -0.981. The number of rotatable bonds is 8. The molecule has 408 valence electrons. The Balaban J connectivity index is 1.23. The topological polar surface area (TPSA) is 32.8 Å². The van der Waals surface area contributed by atoms with E-state index in [9.17, 15) is 0 Å². The monoisotopic (exact) mass is 1070 g/mol. The Morgan fingerprint density at radius 3 is 1.17 bits per heavy atom. The highest BCUT2D eigenvalue weighted by molar-refractivity contribution is 6.26. The molecule has 0 amide bonds. The van der Waals surface area contributed by atoms with Crippen LogP contribution in [0.4, 0.5) is 38.5 Å². The number of furan rings is 2. The van der Waals surface area contributed by atoms with E-state index in [4.69, 9.17) is 8.83 Å². The van der Waals surface area contributed by atoms with Crippen molar-refractivity contribution in [2.45, 2.75) is 110 Å². The second-order valence-electron chi connectivity index (χ2n) is 26.7. The number of benzene rings is 10. The van der Waals surface area contributed by atoms with Gasteiger partial charge in [-0.15, -0.1) is 0 Å². The molecule has 0 spiro atoms. The first-order valence-corrected chi connectivity index (χ1v) is 28.9. The molecule has 12 aromatic rings. The fourth-order valence-electron chi connectivity index (χ4n) is 12.9. The molecule has 0 saturated heterocycles. The van der Waals surface area contributed by atoms with Gasteiger partial charge in [-0.1, -0.05) is 217 Å². The van der Waals surface area contributed by atoms with E-state index >= 15 is 4.39 Å². The Morgan fingerprint density at radius 2 is 0.720 bits per heavy atom. The average Bonchev–Trinajstić information content (AvgIpc) is 3.43. The Kier molecular flexibility index (Phi) is 12.2. The summed E-state index contributed by atoms with van der Waals surface area (Å²) in [6.07, 6.45) is 0. The van der Waals surface area contributed by atoms with Gasteiger partial charge in [-0.25, -0.2) is 4.39 Å². The summed E-state index contributed by atoms with van der Waals surface area (Å²) in [6.45, 7) is 27.0. The molecule has 2 aromatic heterocycles. The van der Waals surface area contributed by atoms with Gasteiger partial charge in [0.15, 0.2) is 5.58 Å². The fourth-order valence-corrected chi connectivity index (χ4v) is 12.9. The quantitative estimate of drug-likeness (QED) is 0.152. The predicted molar refractivity (Wildman–Crippen MR) is 342 cm³/mol. The van der Waals surface area contributed by atoms with E-state index in [-0.39, 0.29) is 27.5 Å². The minimum Gasteiger partial charge on any atom is -0.455 e. The van der Waals surface area contributed by atoms with E-state index in [1.807, 2.05) is 12.1 Å². The van der Waals surface area contributed by atoms with Gasteiger partial charge in [0.2, 0.25) is 0 Å². The van der Waals surface area contributed by atoms with Crippen molar-refractivity contribution in [3.63, 3.8) is 0 Å². The van der Waals surface area contributed by atoms with Crippen LogP contribution in [0.2, 0.25) is 0 Å². The number of nitrogens with zero attached hydrogens (tertiary/aromatic N) is 2. The minimum absolute atomic E-state index is 0.0564. The predicted octanol–water partition coefficient (Wildman–Crippen LogP) is 22.1. The normalized spacial score (nSPS) is 13.5. The van der Waals surface area contributed by atoms with Gasteiger partial charge in [-0.05, 0) is 145 Å². The molecule has 2 heterocycles. The maximum absolute atomic E-state index is 17.5. The molecule has 0 aliphatic heterocycles. The van der Waals surface area contributed by atoms with Crippen molar-refractivity contribution in [1.82, 2.24) is 0 Å². The summed E-state index contributed by atoms with van der Waals surface area (Å²) in [5.41, 5.74) is 18.0. The van der Waals surface area contributed by atoms with Gasteiger partial charge in [0, 0.05) is 44.6 Å². The van der Waals surface area contributed by atoms with Crippen LogP contribution in [-0.2, 0) is 27.1 Å². The summed E-state index contributed by atoms with van der Waals surface area (Å²) in [7, 11) is 0. The van der Waals surface area contributed by atoms with Crippen LogP contribution in [0.15, 0.2) is 221 Å². The fraction of sp³-hybridized carbons (Fsp3) is 0.221. The zero-order chi connectivity index (χ0) is 57.3. The maximum Gasteiger partial charge on any atom is 0.160 e. The van der Waals surface area contributed by atoms with Gasteiger partial charge in [0.05, 0.1) is 27.6 Å². The van der Waals surface area contributed by atoms with E-state index in [1.165, 1.54) is 22.3 Å². The Labute approximate surface area is 482 Å². The Hall–Kier alpha value is -8.67. The van der Waals surface area contributed by atoms with Crippen LogP contribution < -0.4 is 9.80 Å². The lowest BCUT2D eigenvalue weighted by atomic mass is 9.67.